The molecule has 0 bridgehead atoms. The van der Waals surface area contributed by atoms with Crippen LogP contribution in [0.1, 0.15) is 0 Å². The largest absolute Gasteiger partial charge is 0.351 e. The van der Waals surface area contributed by atoms with Gasteiger partial charge in [-0.2, -0.15) is 4.68 Å². The van der Waals surface area contributed by atoms with Crippen LogP contribution in [0.2, 0.25) is 0 Å². The number of tetrazole rings is 1. The number of para-hydroxylation sites is 1. The molecule has 7 heteroatoms. The van der Waals surface area contributed by atoms with Crippen molar-refractivity contribution >= 4 is 5.95 Å². The quantitative estimate of drug-likeness (QED) is 0.874. The van der Waals surface area contributed by atoms with E-state index in [1.54, 1.807) is 4.68 Å². The Morgan fingerprint density at radius 2 is 2.00 bits per heavy atom. The fraction of sp³-hybridized carbons (Fsp3) is 0.500. The van der Waals surface area contributed by atoms with E-state index < -0.39 is 0 Å². The molecule has 0 saturated carbocycles. The molecule has 1 aliphatic heterocycles. The topological polar surface area (TPSA) is 62.1 Å². The maximum absolute atomic E-state index is 4.08. The lowest BCUT2D eigenvalue weighted by molar-refractivity contribution is 0.121. The summed E-state index contributed by atoms with van der Waals surface area (Å²) >= 11 is 0. The maximum atomic E-state index is 4.08. The molecule has 1 atom stereocenters. The summed E-state index contributed by atoms with van der Waals surface area (Å²) in [6, 6.07) is 10.4. The molecule has 2 aromatic rings. The molecule has 21 heavy (non-hydrogen) atoms. The summed E-state index contributed by atoms with van der Waals surface area (Å²) in [5, 5.41) is 15.3. The molecule has 1 aromatic heterocycles. The molecular formula is C14H21N7. The first-order valence-electron chi connectivity index (χ1n) is 7.20. The average molecular weight is 287 g/mol. The molecular weight excluding hydrogens is 266 g/mol. The lowest BCUT2D eigenvalue weighted by atomic mass is 10.2. The van der Waals surface area contributed by atoms with E-state index in [1.807, 2.05) is 30.3 Å². The first-order chi connectivity index (χ1) is 10.2. The normalized spacial score (nSPS) is 20.6. The zero-order valence-corrected chi connectivity index (χ0v) is 12.5. The number of piperazine rings is 1. The monoisotopic (exact) mass is 287 g/mol. The zero-order valence-electron chi connectivity index (χ0n) is 12.5. The molecule has 0 amide bonds. The van der Waals surface area contributed by atoms with E-state index >= 15 is 0 Å². The van der Waals surface area contributed by atoms with Crippen molar-refractivity contribution in [1.29, 1.82) is 0 Å². The van der Waals surface area contributed by atoms with Crippen molar-refractivity contribution in [3.63, 3.8) is 0 Å². The van der Waals surface area contributed by atoms with Gasteiger partial charge in [-0.05, 0) is 36.7 Å². The van der Waals surface area contributed by atoms with Crippen molar-refractivity contribution in [2.24, 2.45) is 0 Å². The molecule has 1 N–H and O–H groups in total. The van der Waals surface area contributed by atoms with Crippen molar-refractivity contribution in [2.75, 3.05) is 45.6 Å². The fourth-order valence-corrected chi connectivity index (χ4v) is 2.57. The lowest BCUT2D eigenvalue weighted by Gasteiger charge is -2.37. The number of aromatic nitrogens is 4. The number of rotatable bonds is 4. The first kappa shape index (κ1) is 14.0. The van der Waals surface area contributed by atoms with Crippen LogP contribution in [-0.4, -0.2) is 76.3 Å². The van der Waals surface area contributed by atoms with Gasteiger partial charge in [0.05, 0.1) is 5.69 Å². The number of anilines is 1. The average Bonchev–Trinajstić information content (AvgIpc) is 2.97. The van der Waals surface area contributed by atoms with Crippen molar-refractivity contribution < 1.29 is 0 Å². The van der Waals surface area contributed by atoms with E-state index in [0.29, 0.717) is 12.0 Å². The molecule has 1 aliphatic rings. The van der Waals surface area contributed by atoms with Crippen LogP contribution in [0.25, 0.3) is 5.69 Å². The maximum Gasteiger partial charge on any atom is 0.247 e. The van der Waals surface area contributed by atoms with Gasteiger partial charge in [0.25, 0.3) is 0 Å². The highest BCUT2D eigenvalue weighted by molar-refractivity contribution is 5.38. The molecule has 1 unspecified atom stereocenters. The Kier molecular flexibility index (Phi) is 4.12. The van der Waals surface area contributed by atoms with Crippen LogP contribution in [0.4, 0.5) is 5.95 Å². The Bertz CT molecular complexity index is 568. The Hall–Kier alpha value is -1.99. The first-order valence-corrected chi connectivity index (χ1v) is 7.20. The van der Waals surface area contributed by atoms with Crippen molar-refractivity contribution in [3.8, 4) is 5.69 Å². The van der Waals surface area contributed by atoms with Crippen molar-refractivity contribution in [1.82, 2.24) is 30.0 Å². The fourth-order valence-electron chi connectivity index (χ4n) is 2.57. The van der Waals surface area contributed by atoms with Gasteiger partial charge < -0.3 is 10.2 Å². The van der Waals surface area contributed by atoms with Gasteiger partial charge >= 0.3 is 0 Å². The van der Waals surface area contributed by atoms with E-state index in [1.165, 1.54) is 0 Å². The third-order valence-corrected chi connectivity index (χ3v) is 3.95. The smallest absolute Gasteiger partial charge is 0.247 e. The van der Waals surface area contributed by atoms with Crippen LogP contribution in [-0.2, 0) is 0 Å². The summed E-state index contributed by atoms with van der Waals surface area (Å²) in [4.78, 5) is 4.73. The summed E-state index contributed by atoms with van der Waals surface area (Å²) in [7, 11) is 4.33. The molecule has 0 aliphatic carbocycles. The third-order valence-electron chi connectivity index (χ3n) is 3.95. The highest BCUT2D eigenvalue weighted by Crippen LogP contribution is 2.12. The number of nitrogens with one attached hydrogen (secondary N) is 1. The highest BCUT2D eigenvalue weighted by atomic mass is 15.6. The molecule has 0 radical (unpaired) electrons. The molecule has 1 saturated heterocycles. The SMILES string of the molecule is CN1CCN(C)C(CNc2nnnn2-c2ccccc2)C1. The van der Waals surface area contributed by atoms with E-state index in [-0.39, 0.29) is 0 Å². The second kappa shape index (κ2) is 6.19. The summed E-state index contributed by atoms with van der Waals surface area (Å²) in [6.07, 6.45) is 0. The van der Waals surface area contributed by atoms with Crippen LogP contribution < -0.4 is 5.32 Å². The van der Waals surface area contributed by atoms with Gasteiger partial charge in [-0.1, -0.05) is 23.3 Å². The predicted octanol–water partition coefficient (Wildman–Crippen LogP) is 0.320. The molecule has 0 spiro atoms. The number of hydrogen-bond donors (Lipinski definition) is 1. The van der Waals surface area contributed by atoms with Gasteiger partial charge in [-0.25, -0.2) is 0 Å². The van der Waals surface area contributed by atoms with Gasteiger partial charge in [0.1, 0.15) is 0 Å². The summed E-state index contributed by atoms with van der Waals surface area (Å²) in [6.45, 7) is 4.09. The predicted molar refractivity (Wildman–Crippen MR) is 81.6 cm³/mol. The van der Waals surface area contributed by atoms with Crippen LogP contribution in [0, 0.1) is 0 Å². The summed E-state index contributed by atoms with van der Waals surface area (Å²) in [5.74, 6) is 0.683. The molecule has 2 heterocycles. The van der Waals surface area contributed by atoms with Crippen LogP contribution in [0.3, 0.4) is 0 Å². The van der Waals surface area contributed by atoms with Crippen LogP contribution in [0.15, 0.2) is 30.3 Å². The van der Waals surface area contributed by atoms with Gasteiger partial charge in [0.15, 0.2) is 0 Å². The van der Waals surface area contributed by atoms with E-state index in [9.17, 15) is 0 Å². The van der Waals surface area contributed by atoms with Crippen LogP contribution >= 0.6 is 0 Å². The van der Waals surface area contributed by atoms with E-state index in [4.69, 9.17) is 0 Å². The minimum atomic E-state index is 0.463. The van der Waals surface area contributed by atoms with Gasteiger partial charge in [-0.3, -0.25) is 4.90 Å². The van der Waals surface area contributed by atoms with Crippen molar-refractivity contribution in [3.05, 3.63) is 30.3 Å². The number of hydrogen-bond acceptors (Lipinski definition) is 6. The molecule has 7 nitrogen and oxygen atoms in total. The molecule has 112 valence electrons. The Morgan fingerprint density at radius 1 is 1.19 bits per heavy atom. The second-order valence-corrected chi connectivity index (χ2v) is 5.53. The number of benzene rings is 1. The zero-order chi connectivity index (χ0) is 14.7. The van der Waals surface area contributed by atoms with E-state index in [2.05, 4.69) is 44.7 Å². The van der Waals surface area contributed by atoms with Crippen LogP contribution in [0.5, 0.6) is 0 Å². The highest BCUT2D eigenvalue weighted by Gasteiger charge is 2.22. The second-order valence-electron chi connectivity index (χ2n) is 5.53. The minimum Gasteiger partial charge on any atom is -0.351 e. The lowest BCUT2D eigenvalue weighted by Crippen LogP contribution is -2.52. The van der Waals surface area contributed by atoms with Gasteiger partial charge in [-0.15, -0.1) is 0 Å². The Balaban J connectivity index is 1.68. The third kappa shape index (κ3) is 3.20. The summed E-state index contributed by atoms with van der Waals surface area (Å²) in [5.41, 5.74) is 0.958. The minimum absolute atomic E-state index is 0.463. The molecule has 3 rings (SSSR count). The molecule has 1 aromatic carbocycles. The molecule has 1 fully saturated rings. The van der Waals surface area contributed by atoms with E-state index in [0.717, 1.165) is 31.9 Å². The van der Waals surface area contributed by atoms with Gasteiger partial charge in [0.2, 0.25) is 5.95 Å². The number of nitrogens with zero attached hydrogens (tertiary/aromatic N) is 6. The Labute approximate surface area is 124 Å². The van der Waals surface area contributed by atoms with Crippen molar-refractivity contribution in [2.45, 2.75) is 6.04 Å². The standard InChI is InChI=1S/C14H21N7/c1-19-8-9-20(2)13(11-19)10-15-14-16-17-18-21(14)12-6-4-3-5-7-12/h3-7,13H,8-11H2,1-2H3,(H,15,16,18). The Morgan fingerprint density at radius 3 is 2.81 bits per heavy atom. The summed E-state index contributed by atoms with van der Waals surface area (Å²) < 4.78 is 1.73. The van der Waals surface area contributed by atoms with Gasteiger partial charge in [0, 0.05) is 32.2 Å². The number of likely N-dealkylation sites (N-methyl/N-ethyl adjacent to an activating group) is 2.